The zero-order valence-corrected chi connectivity index (χ0v) is 14.8. The van der Waals surface area contributed by atoms with Crippen molar-refractivity contribution in [3.05, 3.63) is 46.5 Å². The number of aromatic nitrogens is 1. The van der Waals surface area contributed by atoms with Crippen molar-refractivity contribution in [1.29, 1.82) is 0 Å². The van der Waals surface area contributed by atoms with E-state index in [1.807, 2.05) is 6.92 Å². The van der Waals surface area contributed by atoms with Crippen molar-refractivity contribution in [3.8, 4) is 0 Å². The Kier molecular flexibility index (Phi) is 6.63. The van der Waals surface area contributed by atoms with Crippen LogP contribution in [0.3, 0.4) is 0 Å². The van der Waals surface area contributed by atoms with Gasteiger partial charge in [0, 0.05) is 25.4 Å². The largest absolute Gasteiger partial charge is 0.478 e. The third-order valence-electron chi connectivity index (χ3n) is 3.66. The second-order valence-electron chi connectivity index (χ2n) is 5.76. The van der Waals surface area contributed by atoms with E-state index in [2.05, 4.69) is 15.6 Å². The third-order valence-corrected chi connectivity index (χ3v) is 4.44. The number of amides is 1. The number of carbonyl (C=O) groups excluding carboxylic acids is 1. The van der Waals surface area contributed by atoms with Gasteiger partial charge in [0.25, 0.3) is 0 Å². The number of hydrogen-bond acceptors (Lipinski definition) is 6. The zero-order valence-electron chi connectivity index (χ0n) is 14.0. The molecule has 2 rings (SSSR count). The summed E-state index contributed by atoms with van der Waals surface area (Å²) < 4.78 is 0. The Labute approximate surface area is 149 Å². The number of carboxylic acid groups (broad SMARTS) is 1. The van der Waals surface area contributed by atoms with Crippen molar-refractivity contribution < 1.29 is 19.8 Å². The van der Waals surface area contributed by atoms with E-state index in [-0.39, 0.29) is 17.4 Å². The van der Waals surface area contributed by atoms with Gasteiger partial charge in [0.1, 0.15) is 6.10 Å². The topological polar surface area (TPSA) is 112 Å². The van der Waals surface area contributed by atoms with Gasteiger partial charge in [-0.1, -0.05) is 19.1 Å². The average Bonchev–Trinajstić information content (AvgIpc) is 3.02. The number of aromatic carboxylic acids is 1. The summed E-state index contributed by atoms with van der Waals surface area (Å²) in [5, 5.41) is 27.0. The van der Waals surface area contributed by atoms with E-state index in [1.165, 1.54) is 18.3 Å². The van der Waals surface area contributed by atoms with Gasteiger partial charge in [-0.05, 0) is 23.6 Å². The van der Waals surface area contributed by atoms with Crippen molar-refractivity contribution in [2.75, 3.05) is 18.4 Å². The van der Waals surface area contributed by atoms with Crippen LogP contribution in [0.25, 0.3) is 0 Å². The Balaban J connectivity index is 1.81. The highest BCUT2D eigenvalue weighted by atomic mass is 32.1. The molecule has 0 aliphatic rings. The molecule has 4 N–H and O–H groups in total. The Morgan fingerprint density at radius 3 is 2.52 bits per heavy atom. The molecular formula is C17H21N3O4S. The molecular weight excluding hydrogens is 342 g/mol. The first kappa shape index (κ1) is 19.0. The Morgan fingerprint density at radius 1 is 1.24 bits per heavy atom. The molecule has 1 aromatic carbocycles. The predicted octanol–water partition coefficient (Wildman–Crippen LogP) is 2.23. The van der Waals surface area contributed by atoms with Crippen molar-refractivity contribution in [2.24, 2.45) is 0 Å². The van der Waals surface area contributed by atoms with Crippen LogP contribution in [0.4, 0.5) is 5.13 Å². The lowest BCUT2D eigenvalue weighted by atomic mass is 10.00. The van der Waals surface area contributed by atoms with Crippen LogP contribution >= 0.6 is 11.3 Å². The van der Waals surface area contributed by atoms with Gasteiger partial charge < -0.3 is 20.8 Å². The molecule has 8 heteroatoms. The molecule has 0 radical (unpaired) electrons. The summed E-state index contributed by atoms with van der Waals surface area (Å²) >= 11 is 1.27. The molecule has 2 unspecified atom stereocenters. The molecule has 2 atom stereocenters. The number of nitrogens with zero attached hydrogens (tertiary/aromatic N) is 1. The first-order valence-corrected chi connectivity index (χ1v) is 8.70. The highest BCUT2D eigenvalue weighted by molar-refractivity contribution is 7.13. The molecule has 1 amide bonds. The SMILES string of the molecule is CC(=O)Nc1nc(C(O)CNCC(C)c2ccc(C(=O)O)cc2)cs1. The van der Waals surface area contributed by atoms with Crippen LogP contribution in [-0.2, 0) is 4.79 Å². The molecule has 0 aliphatic heterocycles. The van der Waals surface area contributed by atoms with Crippen molar-refractivity contribution >= 4 is 28.3 Å². The number of aliphatic hydroxyl groups excluding tert-OH is 1. The van der Waals surface area contributed by atoms with Crippen LogP contribution in [0, 0.1) is 0 Å². The second kappa shape index (κ2) is 8.70. The number of benzene rings is 1. The van der Waals surface area contributed by atoms with E-state index in [9.17, 15) is 14.7 Å². The van der Waals surface area contributed by atoms with Crippen LogP contribution in [0.2, 0.25) is 0 Å². The molecule has 2 aromatic rings. The van der Waals surface area contributed by atoms with E-state index in [4.69, 9.17) is 5.11 Å². The smallest absolute Gasteiger partial charge is 0.335 e. The van der Waals surface area contributed by atoms with E-state index in [0.717, 1.165) is 5.56 Å². The normalized spacial score (nSPS) is 13.2. The monoisotopic (exact) mass is 363 g/mol. The molecule has 0 fully saturated rings. The number of aliphatic hydroxyl groups is 1. The Morgan fingerprint density at radius 2 is 1.92 bits per heavy atom. The lowest BCUT2D eigenvalue weighted by Crippen LogP contribution is -2.25. The van der Waals surface area contributed by atoms with Gasteiger partial charge in [0.2, 0.25) is 5.91 Å². The quantitative estimate of drug-likeness (QED) is 0.572. The summed E-state index contributed by atoms with van der Waals surface area (Å²) in [5.41, 5.74) is 1.80. The summed E-state index contributed by atoms with van der Waals surface area (Å²) in [6, 6.07) is 6.77. The maximum atomic E-state index is 11.0. The summed E-state index contributed by atoms with van der Waals surface area (Å²) in [5.74, 6) is -0.973. The molecule has 25 heavy (non-hydrogen) atoms. The maximum Gasteiger partial charge on any atom is 0.335 e. The van der Waals surface area contributed by atoms with Crippen LogP contribution < -0.4 is 10.6 Å². The van der Waals surface area contributed by atoms with Crippen molar-refractivity contribution in [3.63, 3.8) is 0 Å². The number of rotatable bonds is 8. The van der Waals surface area contributed by atoms with Crippen LogP contribution in [0.15, 0.2) is 29.6 Å². The van der Waals surface area contributed by atoms with E-state index in [0.29, 0.717) is 23.9 Å². The van der Waals surface area contributed by atoms with Gasteiger partial charge in [-0.3, -0.25) is 4.79 Å². The van der Waals surface area contributed by atoms with Gasteiger partial charge in [-0.15, -0.1) is 11.3 Å². The zero-order chi connectivity index (χ0) is 18.4. The molecule has 0 saturated heterocycles. The third kappa shape index (κ3) is 5.63. The summed E-state index contributed by atoms with van der Waals surface area (Å²) in [6.45, 7) is 4.39. The summed E-state index contributed by atoms with van der Waals surface area (Å²) in [7, 11) is 0. The Bertz CT molecular complexity index is 730. The van der Waals surface area contributed by atoms with Crippen LogP contribution in [-0.4, -0.2) is 40.2 Å². The van der Waals surface area contributed by atoms with Gasteiger partial charge in [0.15, 0.2) is 5.13 Å². The lowest BCUT2D eigenvalue weighted by Gasteiger charge is -2.15. The van der Waals surface area contributed by atoms with Crippen molar-refractivity contribution in [1.82, 2.24) is 10.3 Å². The highest BCUT2D eigenvalue weighted by Crippen LogP contribution is 2.21. The number of nitrogens with one attached hydrogen (secondary N) is 2. The lowest BCUT2D eigenvalue weighted by molar-refractivity contribution is -0.114. The van der Waals surface area contributed by atoms with Crippen molar-refractivity contribution in [2.45, 2.75) is 25.9 Å². The number of carboxylic acids is 1. The predicted molar refractivity (Wildman–Crippen MR) is 96.1 cm³/mol. The fourth-order valence-corrected chi connectivity index (χ4v) is 3.06. The summed E-state index contributed by atoms with van der Waals surface area (Å²) in [4.78, 5) is 26.0. The molecule has 1 heterocycles. The standard InChI is InChI=1S/C17H21N3O4S/c1-10(12-3-5-13(6-4-12)16(23)24)7-18-8-15(22)14-9-25-17(20-14)19-11(2)21/h3-6,9-10,15,18,22H,7-8H2,1-2H3,(H,23,24)(H,19,20,21). The maximum absolute atomic E-state index is 11.0. The molecule has 134 valence electrons. The van der Waals surface area contributed by atoms with Gasteiger partial charge in [-0.2, -0.15) is 0 Å². The molecule has 0 saturated carbocycles. The number of carbonyl (C=O) groups is 2. The highest BCUT2D eigenvalue weighted by Gasteiger charge is 2.13. The minimum atomic E-state index is -0.942. The van der Waals surface area contributed by atoms with E-state index in [1.54, 1.807) is 29.6 Å². The fraction of sp³-hybridized carbons (Fsp3) is 0.353. The number of anilines is 1. The molecule has 0 bridgehead atoms. The van der Waals surface area contributed by atoms with E-state index >= 15 is 0 Å². The van der Waals surface area contributed by atoms with Gasteiger partial charge in [0.05, 0.1) is 11.3 Å². The van der Waals surface area contributed by atoms with Gasteiger partial charge >= 0.3 is 5.97 Å². The molecule has 0 aliphatic carbocycles. The number of hydrogen-bond donors (Lipinski definition) is 4. The van der Waals surface area contributed by atoms with Gasteiger partial charge in [-0.25, -0.2) is 9.78 Å². The minimum absolute atomic E-state index is 0.167. The fourth-order valence-electron chi connectivity index (χ4n) is 2.26. The number of thiazole rings is 1. The molecule has 7 nitrogen and oxygen atoms in total. The van der Waals surface area contributed by atoms with Crippen LogP contribution in [0.1, 0.15) is 47.5 Å². The average molecular weight is 363 g/mol. The molecule has 0 spiro atoms. The van der Waals surface area contributed by atoms with E-state index < -0.39 is 12.1 Å². The summed E-state index contributed by atoms with van der Waals surface area (Å²) in [6.07, 6.45) is -0.764. The second-order valence-corrected chi connectivity index (χ2v) is 6.62. The first-order valence-electron chi connectivity index (χ1n) is 7.82. The van der Waals surface area contributed by atoms with Crippen LogP contribution in [0.5, 0.6) is 0 Å². The minimum Gasteiger partial charge on any atom is -0.478 e. The molecule has 1 aromatic heterocycles. The Hall–Kier alpha value is -2.29. The first-order chi connectivity index (χ1) is 11.9.